The fourth-order valence-electron chi connectivity index (χ4n) is 3.22. The molecule has 24 heavy (non-hydrogen) atoms. The van der Waals surface area contributed by atoms with Crippen molar-refractivity contribution < 1.29 is 0 Å². The molecule has 1 aromatic carbocycles. The average molecular weight is 325 g/mol. The summed E-state index contributed by atoms with van der Waals surface area (Å²) in [4.78, 5) is 11.1. The van der Waals surface area contributed by atoms with Crippen LogP contribution in [0.5, 0.6) is 0 Å². The number of nitrogens with two attached hydrogens (primary N) is 1. The normalized spacial score (nSPS) is 18.0. The molecule has 5 heteroatoms. The van der Waals surface area contributed by atoms with Crippen LogP contribution in [0.25, 0.3) is 0 Å². The van der Waals surface area contributed by atoms with E-state index in [2.05, 4.69) is 65.2 Å². The molecule has 0 aliphatic carbocycles. The summed E-state index contributed by atoms with van der Waals surface area (Å²) in [6.07, 6.45) is 5.24. The number of nitrogens with one attached hydrogen (secondary N) is 1. The smallest absolute Gasteiger partial charge is 0.159 e. The monoisotopic (exact) mass is 325 g/mol. The molecule has 0 spiro atoms. The van der Waals surface area contributed by atoms with E-state index in [-0.39, 0.29) is 0 Å². The van der Waals surface area contributed by atoms with E-state index in [0.29, 0.717) is 23.5 Å². The molecular formula is C19H27N5. The number of anilines is 4. The lowest BCUT2D eigenvalue weighted by Crippen LogP contribution is -2.38. The Balaban J connectivity index is 1.82. The van der Waals surface area contributed by atoms with Crippen molar-refractivity contribution in [2.24, 2.45) is 0 Å². The number of benzene rings is 1. The summed E-state index contributed by atoms with van der Waals surface area (Å²) >= 11 is 0. The number of aromatic nitrogens is 2. The molecule has 1 atom stereocenters. The topological polar surface area (TPSA) is 67.1 Å². The fraction of sp³-hybridized carbons (Fsp3) is 0.474. The molecule has 1 aliphatic rings. The molecular weight excluding hydrogens is 298 g/mol. The van der Waals surface area contributed by atoms with E-state index in [9.17, 15) is 0 Å². The molecule has 128 valence electrons. The Labute approximate surface area is 144 Å². The number of nitrogen functional groups attached to an aromatic ring is 1. The van der Waals surface area contributed by atoms with Gasteiger partial charge in [-0.3, -0.25) is 0 Å². The molecule has 1 saturated heterocycles. The van der Waals surface area contributed by atoms with Crippen LogP contribution < -0.4 is 16.0 Å². The molecule has 0 radical (unpaired) electrons. The minimum atomic E-state index is 0.467. The van der Waals surface area contributed by atoms with Crippen molar-refractivity contribution in [1.29, 1.82) is 0 Å². The molecule has 3 N–H and O–H groups in total. The van der Waals surface area contributed by atoms with Gasteiger partial charge in [0.1, 0.15) is 12.0 Å². The van der Waals surface area contributed by atoms with Crippen LogP contribution in [0.2, 0.25) is 0 Å². The van der Waals surface area contributed by atoms with Gasteiger partial charge in [-0.2, -0.15) is 0 Å². The van der Waals surface area contributed by atoms with Crippen LogP contribution in [0.1, 0.15) is 51.5 Å². The molecule has 1 aliphatic heterocycles. The Bertz CT molecular complexity index is 681. The van der Waals surface area contributed by atoms with Gasteiger partial charge >= 0.3 is 0 Å². The highest BCUT2D eigenvalue weighted by Crippen LogP contribution is 2.32. The lowest BCUT2D eigenvalue weighted by Gasteiger charge is -2.35. The van der Waals surface area contributed by atoms with Crippen LogP contribution in [-0.4, -0.2) is 22.6 Å². The zero-order chi connectivity index (χ0) is 17.1. The molecule has 0 bridgehead atoms. The second kappa shape index (κ2) is 7.07. The van der Waals surface area contributed by atoms with Crippen molar-refractivity contribution in [3.05, 3.63) is 36.2 Å². The van der Waals surface area contributed by atoms with Crippen LogP contribution in [0.3, 0.4) is 0 Å². The first-order valence-electron chi connectivity index (χ1n) is 8.80. The lowest BCUT2D eigenvalue weighted by molar-refractivity contribution is 0.481. The third-order valence-corrected chi connectivity index (χ3v) is 4.78. The number of piperidine rings is 1. The van der Waals surface area contributed by atoms with Crippen molar-refractivity contribution in [2.45, 2.75) is 52.0 Å². The number of rotatable bonds is 4. The lowest BCUT2D eigenvalue weighted by atomic mass is 10.0. The predicted molar refractivity (Wildman–Crippen MR) is 101 cm³/mol. The predicted octanol–water partition coefficient (Wildman–Crippen LogP) is 4.30. The van der Waals surface area contributed by atoms with Crippen LogP contribution in [0, 0.1) is 0 Å². The van der Waals surface area contributed by atoms with Gasteiger partial charge in [-0.05, 0) is 49.8 Å². The molecule has 2 heterocycles. The van der Waals surface area contributed by atoms with E-state index in [1.807, 2.05) is 0 Å². The van der Waals surface area contributed by atoms with Crippen LogP contribution in [-0.2, 0) is 0 Å². The molecule has 5 nitrogen and oxygen atoms in total. The summed E-state index contributed by atoms with van der Waals surface area (Å²) in [5.74, 6) is 2.05. The van der Waals surface area contributed by atoms with E-state index >= 15 is 0 Å². The van der Waals surface area contributed by atoms with Crippen molar-refractivity contribution in [2.75, 3.05) is 22.5 Å². The summed E-state index contributed by atoms with van der Waals surface area (Å²) in [7, 11) is 0. The molecule has 1 fully saturated rings. The maximum absolute atomic E-state index is 6.37. The maximum Gasteiger partial charge on any atom is 0.159 e. The van der Waals surface area contributed by atoms with Gasteiger partial charge in [0.05, 0.1) is 0 Å². The van der Waals surface area contributed by atoms with E-state index in [0.717, 1.165) is 18.1 Å². The second-order valence-corrected chi connectivity index (χ2v) is 6.90. The SMILES string of the molecule is CC(C)c1ccc(Nc2ncnc(N3CCCCC3C)c2N)cc1. The largest absolute Gasteiger partial charge is 0.393 e. The highest BCUT2D eigenvalue weighted by Gasteiger charge is 2.23. The Hall–Kier alpha value is -2.30. The van der Waals surface area contributed by atoms with E-state index in [1.165, 1.54) is 24.8 Å². The Morgan fingerprint density at radius 2 is 1.92 bits per heavy atom. The quantitative estimate of drug-likeness (QED) is 0.877. The molecule has 0 amide bonds. The van der Waals surface area contributed by atoms with Crippen LogP contribution in [0.4, 0.5) is 23.0 Å². The first kappa shape index (κ1) is 16.6. The van der Waals surface area contributed by atoms with Gasteiger partial charge in [0.2, 0.25) is 0 Å². The molecule has 0 saturated carbocycles. The van der Waals surface area contributed by atoms with Crippen molar-refractivity contribution in [3.63, 3.8) is 0 Å². The minimum absolute atomic E-state index is 0.467. The Kier molecular flexibility index (Phi) is 4.88. The van der Waals surface area contributed by atoms with Gasteiger partial charge in [0.15, 0.2) is 11.6 Å². The van der Waals surface area contributed by atoms with Gasteiger partial charge in [-0.25, -0.2) is 9.97 Å². The highest BCUT2D eigenvalue weighted by atomic mass is 15.2. The summed E-state index contributed by atoms with van der Waals surface area (Å²) in [5.41, 5.74) is 9.30. The number of nitrogens with zero attached hydrogens (tertiary/aromatic N) is 3. The molecule has 3 rings (SSSR count). The number of hydrogen-bond acceptors (Lipinski definition) is 5. The van der Waals surface area contributed by atoms with Gasteiger partial charge in [0, 0.05) is 18.3 Å². The van der Waals surface area contributed by atoms with Gasteiger partial charge < -0.3 is 16.0 Å². The molecule has 2 aromatic rings. The first-order valence-corrected chi connectivity index (χ1v) is 8.80. The van der Waals surface area contributed by atoms with Crippen molar-refractivity contribution in [3.8, 4) is 0 Å². The summed E-state index contributed by atoms with van der Waals surface area (Å²) < 4.78 is 0. The zero-order valence-corrected chi connectivity index (χ0v) is 14.8. The number of hydrogen-bond donors (Lipinski definition) is 2. The van der Waals surface area contributed by atoms with E-state index in [1.54, 1.807) is 6.33 Å². The van der Waals surface area contributed by atoms with Gasteiger partial charge in [-0.15, -0.1) is 0 Å². The summed E-state index contributed by atoms with van der Waals surface area (Å²) in [6, 6.07) is 8.88. The standard InChI is InChI=1S/C19H27N5/c1-13(2)15-7-9-16(10-8-15)23-18-17(20)19(22-12-21-18)24-11-5-4-6-14(24)3/h7-10,12-14H,4-6,11,20H2,1-3H3,(H,21,22,23). The third-order valence-electron chi connectivity index (χ3n) is 4.78. The average Bonchev–Trinajstić information content (AvgIpc) is 2.58. The molecule has 1 unspecified atom stereocenters. The first-order chi connectivity index (χ1) is 11.6. The highest BCUT2D eigenvalue weighted by molar-refractivity contribution is 5.78. The van der Waals surface area contributed by atoms with Gasteiger partial charge in [-0.1, -0.05) is 26.0 Å². The zero-order valence-electron chi connectivity index (χ0n) is 14.8. The second-order valence-electron chi connectivity index (χ2n) is 6.90. The fourth-order valence-corrected chi connectivity index (χ4v) is 3.22. The third kappa shape index (κ3) is 3.45. The van der Waals surface area contributed by atoms with Crippen molar-refractivity contribution in [1.82, 2.24) is 9.97 Å². The Morgan fingerprint density at radius 1 is 1.17 bits per heavy atom. The van der Waals surface area contributed by atoms with E-state index in [4.69, 9.17) is 5.73 Å². The van der Waals surface area contributed by atoms with Gasteiger partial charge in [0.25, 0.3) is 0 Å². The van der Waals surface area contributed by atoms with Crippen LogP contribution in [0.15, 0.2) is 30.6 Å². The minimum Gasteiger partial charge on any atom is -0.393 e. The summed E-state index contributed by atoms with van der Waals surface area (Å²) in [6.45, 7) is 7.62. The maximum atomic E-state index is 6.37. The van der Waals surface area contributed by atoms with Crippen molar-refractivity contribution >= 4 is 23.0 Å². The molecule has 1 aromatic heterocycles. The van der Waals surface area contributed by atoms with Crippen LogP contribution >= 0.6 is 0 Å². The van der Waals surface area contributed by atoms with E-state index < -0.39 is 0 Å². The summed E-state index contributed by atoms with van der Waals surface area (Å²) in [5, 5.41) is 3.33. The Morgan fingerprint density at radius 3 is 2.58 bits per heavy atom.